The minimum atomic E-state index is -4.01. The van der Waals surface area contributed by atoms with Crippen LogP contribution in [0.2, 0.25) is 0 Å². The molecule has 0 amide bonds. The first-order valence-corrected chi connectivity index (χ1v) is 7.36. The van der Waals surface area contributed by atoms with Crippen molar-refractivity contribution in [2.24, 2.45) is 11.3 Å². The molecule has 106 valence electrons. The Morgan fingerprint density at radius 2 is 2.00 bits per heavy atom. The summed E-state index contributed by atoms with van der Waals surface area (Å²) in [7, 11) is -4.01. The number of halogens is 2. The van der Waals surface area contributed by atoms with Crippen molar-refractivity contribution in [3.05, 3.63) is 23.8 Å². The van der Waals surface area contributed by atoms with Gasteiger partial charge in [0, 0.05) is 6.54 Å². The van der Waals surface area contributed by atoms with Crippen LogP contribution in [0.5, 0.6) is 0 Å². The van der Waals surface area contributed by atoms with Crippen molar-refractivity contribution in [1.29, 1.82) is 0 Å². The van der Waals surface area contributed by atoms with Crippen molar-refractivity contribution in [2.45, 2.75) is 25.2 Å². The van der Waals surface area contributed by atoms with E-state index in [0.717, 1.165) is 18.6 Å². The molecule has 0 saturated heterocycles. The number of nitrogens with two attached hydrogens (primary N) is 1. The average Bonchev–Trinajstić information content (AvgIpc) is 2.91. The van der Waals surface area contributed by atoms with Crippen molar-refractivity contribution in [3.8, 4) is 0 Å². The Morgan fingerprint density at radius 1 is 1.42 bits per heavy atom. The summed E-state index contributed by atoms with van der Waals surface area (Å²) in [4.78, 5) is -0.621. The van der Waals surface area contributed by atoms with Crippen LogP contribution in [0.1, 0.15) is 20.3 Å². The summed E-state index contributed by atoms with van der Waals surface area (Å²) < 4.78 is 52.9. The molecule has 1 aromatic rings. The van der Waals surface area contributed by atoms with E-state index in [1.54, 1.807) is 0 Å². The van der Waals surface area contributed by atoms with Crippen LogP contribution in [0.25, 0.3) is 0 Å². The number of hydrogen-bond acceptors (Lipinski definition) is 3. The zero-order valence-corrected chi connectivity index (χ0v) is 11.5. The molecule has 3 N–H and O–H groups in total. The van der Waals surface area contributed by atoms with E-state index in [9.17, 15) is 17.2 Å². The molecule has 7 heteroatoms. The highest BCUT2D eigenvalue weighted by molar-refractivity contribution is 7.89. The van der Waals surface area contributed by atoms with E-state index in [2.05, 4.69) is 4.72 Å². The molecule has 1 fully saturated rings. The summed E-state index contributed by atoms with van der Waals surface area (Å²) in [5.41, 5.74) is 4.48. The summed E-state index contributed by atoms with van der Waals surface area (Å²) in [6.45, 7) is 4.30. The minimum absolute atomic E-state index is 0.114. The van der Waals surface area contributed by atoms with Crippen LogP contribution in [-0.2, 0) is 10.0 Å². The third-order valence-electron chi connectivity index (χ3n) is 3.62. The fourth-order valence-corrected chi connectivity index (χ4v) is 3.14. The van der Waals surface area contributed by atoms with Gasteiger partial charge in [0.1, 0.15) is 16.4 Å². The SMILES string of the molecule is CC1(C)CC1CNS(=O)(=O)c1ccc(F)c(N)c1F. The molecule has 0 aromatic heterocycles. The second kappa shape index (κ2) is 4.42. The van der Waals surface area contributed by atoms with Gasteiger partial charge in [0.2, 0.25) is 10.0 Å². The zero-order chi connectivity index (χ0) is 14.4. The second-order valence-electron chi connectivity index (χ2n) is 5.51. The lowest BCUT2D eigenvalue weighted by molar-refractivity contribution is 0.528. The number of rotatable bonds is 4. The molecule has 0 aliphatic heterocycles. The highest BCUT2D eigenvalue weighted by Gasteiger charge is 2.45. The fraction of sp³-hybridized carbons (Fsp3) is 0.500. The van der Waals surface area contributed by atoms with Gasteiger partial charge >= 0.3 is 0 Å². The molecule has 1 aliphatic rings. The van der Waals surface area contributed by atoms with Gasteiger partial charge in [-0.25, -0.2) is 21.9 Å². The Kier molecular flexibility index (Phi) is 3.30. The maximum Gasteiger partial charge on any atom is 0.243 e. The first-order chi connectivity index (χ1) is 8.65. The lowest BCUT2D eigenvalue weighted by atomic mass is 10.1. The molecule has 1 aromatic carbocycles. The summed E-state index contributed by atoms with van der Waals surface area (Å²) in [6.07, 6.45) is 0.920. The molecule has 1 atom stereocenters. The number of nitrogen functional groups attached to an aromatic ring is 1. The number of hydrogen-bond donors (Lipinski definition) is 2. The van der Waals surface area contributed by atoms with Gasteiger partial charge in [-0.3, -0.25) is 0 Å². The van der Waals surface area contributed by atoms with E-state index in [1.807, 2.05) is 13.8 Å². The van der Waals surface area contributed by atoms with E-state index in [1.165, 1.54) is 0 Å². The molecule has 0 bridgehead atoms. The first-order valence-electron chi connectivity index (χ1n) is 5.88. The van der Waals surface area contributed by atoms with Crippen molar-refractivity contribution >= 4 is 15.7 Å². The van der Waals surface area contributed by atoms with E-state index >= 15 is 0 Å². The van der Waals surface area contributed by atoms with Crippen LogP contribution in [0.15, 0.2) is 17.0 Å². The quantitative estimate of drug-likeness (QED) is 0.832. The molecule has 19 heavy (non-hydrogen) atoms. The van der Waals surface area contributed by atoms with E-state index in [4.69, 9.17) is 5.73 Å². The van der Waals surface area contributed by atoms with Gasteiger partial charge in [-0.2, -0.15) is 0 Å². The normalized spacial score (nSPS) is 21.4. The van der Waals surface area contributed by atoms with Crippen LogP contribution < -0.4 is 10.5 Å². The van der Waals surface area contributed by atoms with Gasteiger partial charge < -0.3 is 5.73 Å². The molecule has 1 saturated carbocycles. The minimum Gasteiger partial charge on any atom is -0.394 e. The second-order valence-corrected chi connectivity index (χ2v) is 7.25. The smallest absolute Gasteiger partial charge is 0.243 e. The predicted molar refractivity (Wildman–Crippen MR) is 67.8 cm³/mol. The van der Waals surface area contributed by atoms with Gasteiger partial charge in [-0.15, -0.1) is 0 Å². The largest absolute Gasteiger partial charge is 0.394 e. The average molecular weight is 290 g/mol. The predicted octanol–water partition coefficient (Wildman–Crippen LogP) is 1.87. The molecule has 1 aliphatic carbocycles. The monoisotopic (exact) mass is 290 g/mol. The van der Waals surface area contributed by atoms with Crippen LogP contribution in [0, 0.1) is 23.0 Å². The lowest BCUT2D eigenvalue weighted by Crippen LogP contribution is -2.28. The highest BCUT2D eigenvalue weighted by Crippen LogP contribution is 2.51. The van der Waals surface area contributed by atoms with Crippen molar-refractivity contribution in [3.63, 3.8) is 0 Å². The van der Waals surface area contributed by atoms with E-state index in [0.29, 0.717) is 0 Å². The summed E-state index contributed by atoms with van der Waals surface area (Å²) in [5, 5.41) is 0. The number of nitrogens with one attached hydrogen (secondary N) is 1. The molecule has 0 radical (unpaired) electrons. The van der Waals surface area contributed by atoms with Gasteiger partial charge in [0.15, 0.2) is 5.82 Å². The van der Waals surface area contributed by atoms with Gasteiger partial charge in [-0.1, -0.05) is 13.8 Å². The number of anilines is 1. The summed E-state index contributed by atoms with van der Waals surface area (Å²) >= 11 is 0. The summed E-state index contributed by atoms with van der Waals surface area (Å²) in [5.74, 6) is -1.98. The zero-order valence-electron chi connectivity index (χ0n) is 10.7. The molecule has 2 rings (SSSR count). The van der Waals surface area contributed by atoms with E-state index in [-0.39, 0.29) is 17.9 Å². The maximum atomic E-state index is 13.7. The third kappa shape index (κ3) is 2.71. The number of sulfonamides is 1. The van der Waals surface area contributed by atoms with Gasteiger partial charge in [0.05, 0.1) is 0 Å². The lowest BCUT2D eigenvalue weighted by Gasteiger charge is -2.10. The Hall–Kier alpha value is -1.21. The summed E-state index contributed by atoms with van der Waals surface area (Å²) in [6, 6.07) is 1.72. The Labute approximate surface area is 111 Å². The third-order valence-corrected chi connectivity index (χ3v) is 5.06. The number of benzene rings is 1. The van der Waals surface area contributed by atoms with Crippen LogP contribution in [0.3, 0.4) is 0 Å². The van der Waals surface area contributed by atoms with Crippen molar-refractivity contribution in [2.75, 3.05) is 12.3 Å². The Bertz CT molecular complexity index is 614. The first kappa shape index (κ1) is 14.2. The highest BCUT2D eigenvalue weighted by atomic mass is 32.2. The molecule has 0 spiro atoms. The Balaban J connectivity index is 2.18. The van der Waals surface area contributed by atoms with Crippen LogP contribution >= 0.6 is 0 Å². The molecular weight excluding hydrogens is 274 g/mol. The topological polar surface area (TPSA) is 72.2 Å². The molecule has 0 heterocycles. The van der Waals surface area contributed by atoms with Crippen LogP contribution in [-0.4, -0.2) is 15.0 Å². The standard InChI is InChI=1S/C12H16F2N2O2S/c1-12(2)5-7(12)6-16-19(17,18)9-4-3-8(13)11(15)10(9)14/h3-4,7,16H,5-6,15H2,1-2H3. The Morgan fingerprint density at radius 3 is 2.53 bits per heavy atom. The maximum absolute atomic E-state index is 13.7. The fourth-order valence-electron chi connectivity index (χ4n) is 1.97. The van der Waals surface area contributed by atoms with Crippen molar-refractivity contribution in [1.82, 2.24) is 4.72 Å². The van der Waals surface area contributed by atoms with E-state index < -0.39 is 32.2 Å². The van der Waals surface area contributed by atoms with Gasteiger partial charge in [-0.05, 0) is 29.9 Å². The molecular formula is C12H16F2N2O2S. The molecule has 1 unspecified atom stereocenters. The molecule has 4 nitrogen and oxygen atoms in total. The van der Waals surface area contributed by atoms with Crippen molar-refractivity contribution < 1.29 is 17.2 Å². The van der Waals surface area contributed by atoms with Crippen LogP contribution in [0.4, 0.5) is 14.5 Å². The van der Waals surface area contributed by atoms with Gasteiger partial charge in [0.25, 0.3) is 0 Å².